The number of nitrogens with zero attached hydrogens (tertiary/aromatic N) is 1. The highest BCUT2D eigenvalue weighted by Crippen LogP contribution is 2.33. The first-order valence-electron chi connectivity index (χ1n) is 7.12. The van der Waals surface area contributed by atoms with E-state index in [1.807, 2.05) is 0 Å². The van der Waals surface area contributed by atoms with Crippen LogP contribution in [0.25, 0.3) is 0 Å². The van der Waals surface area contributed by atoms with Crippen molar-refractivity contribution in [2.75, 3.05) is 13.1 Å². The third-order valence-corrected chi connectivity index (χ3v) is 8.71. The molecule has 1 saturated heterocycles. The molecule has 3 rings (SSSR count). The van der Waals surface area contributed by atoms with Gasteiger partial charge in [-0.2, -0.15) is 0 Å². The summed E-state index contributed by atoms with van der Waals surface area (Å²) in [5, 5.41) is -0.706. The van der Waals surface area contributed by atoms with E-state index in [1.165, 1.54) is 10.6 Å². The van der Waals surface area contributed by atoms with Gasteiger partial charge in [-0.1, -0.05) is 0 Å². The smallest absolute Gasteiger partial charge is 0.216 e. The first kappa shape index (κ1) is 15.1. The summed E-state index contributed by atoms with van der Waals surface area (Å²) in [6.45, 7) is 0.613. The largest absolute Gasteiger partial charge is 0.468 e. The molecule has 2 aliphatic rings. The number of furan rings is 1. The molecule has 0 aromatic carbocycles. The fraction of sp³-hybridized carbons (Fsp3) is 0.692. The van der Waals surface area contributed by atoms with E-state index in [4.69, 9.17) is 4.42 Å². The van der Waals surface area contributed by atoms with Gasteiger partial charge in [0.05, 0.1) is 16.8 Å². The van der Waals surface area contributed by atoms with Gasteiger partial charge in [0.15, 0.2) is 9.84 Å². The average molecular weight is 333 g/mol. The Morgan fingerprint density at radius 1 is 1.05 bits per heavy atom. The van der Waals surface area contributed by atoms with E-state index in [0.29, 0.717) is 31.7 Å². The van der Waals surface area contributed by atoms with Crippen molar-refractivity contribution in [2.24, 2.45) is 0 Å². The normalized spacial score (nSPS) is 22.5. The molecule has 0 amide bonds. The number of sulfonamides is 1. The first-order chi connectivity index (χ1) is 9.89. The van der Waals surface area contributed by atoms with Gasteiger partial charge in [-0.25, -0.2) is 21.1 Å². The summed E-state index contributed by atoms with van der Waals surface area (Å²) in [4.78, 5) is 0. The molecule has 1 aliphatic carbocycles. The van der Waals surface area contributed by atoms with Crippen LogP contribution in [-0.2, 0) is 25.6 Å². The van der Waals surface area contributed by atoms with Crippen LogP contribution >= 0.6 is 0 Å². The van der Waals surface area contributed by atoms with Crippen molar-refractivity contribution in [3.63, 3.8) is 0 Å². The van der Waals surface area contributed by atoms with E-state index in [-0.39, 0.29) is 11.0 Å². The highest BCUT2D eigenvalue weighted by molar-refractivity contribution is 7.91. The molecule has 0 bridgehead atoms. The predicted octanol–water partition coefficient (Wildman–Crippen LogP) is 1.15. The third-order valence-electron chi connectivity index (χ3n) is 4.14. The summed E-state index contributed by atoms with van der Waals surface area (Å²) in [6, 6.07) is 3.31. The molecule has 1 saturated carbocycles. The van der Waals surface area contributed by atoms with Crippen molar-refractivity contribution >= 4 is 19.9 Å². The highest BCUT2D eigenvalue weighted by Gasteiger charge is 2.42. The molecule has 0 spiro atoms. The lowest BCUT2D eigenvalue weighted by molar-refractivity contribution is 0.344. The lowest BCUT2D eigenvalue weighted by Gasteiger charge is -2.30. The third kappa shape index (κ3) is 3.17. The standard InChI is InChI=1S/C13H19NO5S2/c15-20(16,10-11-2-1-9-19-11)12-5-7-14(8-6-12)21(17,18)13-3-4-13/h1-2,9,12-13H,3-8,10H2. The van der Waals surface area contributed by atoms with E-state index < -0.39 is 25.1 Å². The van der Waals surface area contributed by atoms with Crippen molar-refractivity contribution in [1.29, 1.82) is 0 Å². The molecular weight excluding hydrogens is 314 g/mol. The number of hydrogen-bond donors (Lipinski definition) is 0. The van der Waals surface area contributed by atoms with Gasteiger partial charge in [0.2, 0.25) is 10.0 Å². The summed E-state index contributed by atoms with van der Waals surface area (Å²) in [5.74, 6) is 0.322. The van der Waals surface area contributed by atoms with Gasteiger partial charge in [0.1, 0.15) is 11.5 Å². The zero-order valence-electron chi connectivity index (χ0n) is 11.6. The van der Waals surface area contributed by atoms with Crippen molar-refractivity contribution in [1.82, 2.24) is 4.31 Å². The maximum atomic E-state index is 12.3. The molecule has 118 valence electrons. The molecule has 1 aromatic rings. The molecule has 2 heterocycles. The number of rotatable bonds is 5. The maximum absolute atomic E-state index is 12.3. The molecule has 0 radical (unpaired) electrons. The second-order valence-electron chi connectivity index (χ2n) is 5.73. The molecule has 8 heteroatoms. The zero-order chi connectivity index (χ0) is 15.1. The fourth-order valence-electron chi connectivity index (χ4n) is 2.73. The van der Waals surface area contributed by atoms with Gasteiger partial charge in [0, 0.05) is 13.1 Å². The summed E-state index contributed by atoms with van der Waals surface area (Å²) < 4.78 is 55.5. The molecule has 0 atom stereocenters. The average Bonchev–Trinajstić information content (AvgIpc) is 3.20. The lowest BCUT2D eigenvalue weighted by Crippen LogP contribution is -2.43. The first-order valence-corrected chi connectivity index (χ1v) is 10.3. The zero-order valence-corrected chi connectivity index (χ0v) is 13.3. The summed E-state index contributed by atoms with van der Waals surface area (Å²) >= 11 is 0. The van der Waals surface area contributed by atoms with Gasteiger partial charge >= 0.3 is 0 Å². The van der Waals surface area contributed by atoms with Crippen LogP contribution in [0, 0.1) is 0 Å². The summed E-state index contributed by atoms with van der Waals surface area (Å²) in [6.07, 6.45) is 3.66. The lowest BCUT2D eigenvalue weighted by atomic mass is 10.2. The molecule has 1 aromatic heterocycles. The quantitative estimate of drug-likeness (QED) is 0.807. The molecular formula is C13H19NO5S2. The Bertz CT molecular complexity index is 681. The van der Waals surface area contributed by atoms with E-state index in [9.17, 15) is 16.8 Å². The Kier molecular flexibility index (Phi) is 3.87. The summed E-state index contributed by atoms with van der Waals surface area (Å²) in [5.41, 5.74) is 0. The van der Waals surface area contributed by atoms with E-state index in [0.717, 1.165) is 12.8 Å². The Labute approximate surface area is 125 Å². The second kappa shape index (κ2) is 5.40. The fourth-order valence-corrected chi connectivity index (χ4v) is 6.33. The van der Waals surface area contributed by atoms with Crippen molar-refractivity contribution in [3.05, 3.63) is 24.2 Å². The number of piperidine rings is 1. The van der Waals surface area contributed by atoms with Gasteiger partial charge in [-0.3, -0.25) is 0 Å². The van der Waals surface area contributed by atoms with Crippen LogP contribution in [0.5, 0.6) is 0 Å². The molecule has 0 N–H and O–H groups in total. The van der Waals surface area contributed by atoms with Gasteiger partial charge < -0.3 is 4.42 Å². The van der Waals surface area contributed by atoms with Crippen LogP contribution < -0.4 is 0 Å². The van der Waals surface area contributed by atoms with E-state index in [1.54, 1.807) is 12.1 Å². The van der Waals surface area contributed by atoms with Crippen molar-refractivity contribution in [3.8, 4) is 0 Å². The van der Waals surface area contributed by atoms with Crippen LogP contribution in [0.3, 0.4) is 0 Å². The Hall–Kier alpha value is -0.860. The topological polar surface area (TPSA) is 84.7 Å². The Morgan fingerprint density at radius 2 is 1.71 bits per heavy atom. The molecule has 6 nitrogen and oxygen atoms in total. The number of sulfone groups is 1. The van der Waals surface area contributed by atoms with Gasteiger partial charge in [-0.05, 0) is 37.8 Å². The molecule has 1 aliphatic heterocycles. The molecule has 2 fully saturated rings. The monoisotopic (exact) mass is 333 g/mol. The molecule has 0 unspecified atom stereocenters. The SMILES string of the molecule is O=S(=O)(Cc1ccco1)C1CCN(S(=O)(=O)C2CC2)CC1. The minimum atomic E-state index is -3.30. The van der Waals surface area contributed by atoms with Crippen LogP contribution in [0.15, 0.2) is 22.8 Å². The predicted molar refractivity (Wildman–Crippen MR) is 77.9 cm³/mol. The van der Waals surface area contributed by atoms with Crippen molar-refractivity contribution < 1.29 is 21.3 Å². The maximum Gasteiger partial charge on any atom is 0.216 e. The van der Waals surface area contributed by atoms with Gasteiger partial charge in [0.25, 0.3) is 0 Å². The second-order valence-corrected chi connectivity index (χ2v) is 10.2. The molecule has 21 heavy (non-hydrogen) atoms. The minimum Gasteiger partial charge on any atom is -0.468 e. The van der Waals surface area contributed by atoms with Crippen LogP contribution in [0.1, 0.15) is 31.4 Å². The Morgan fingerprint density at radius 3 is 2.24 bits per heavy atom. The summed E-state index contributed by atoms with van der Waals surface area (Å²) in [7, 11) is -6.48. The van der Waals surface area contributed by atoms with Crippen molar-refractivity contribution in [2.45, 2.75) is 41.9 Å². The Balaban J connectivity index is 1.62. The van der Waals surface area contributed by atoms with E-state index in [2.05, 4.69) is 0 Å². The van der Waals surface area contributed by atoms with Crippen LogP contribution in [0.2, 0.25) is 0 Å². The highest BCUT2D eigenvalue weighted by atomic mass is 32.2. The van der Waals surface area contributed by atoms with Crippen LogP contribution in [0.4, 0.5) is 0 Å². The van der Waals surface area contributed by atoms with E-state index >= 15 is 0 Å². The van der Waals surface area contributed by atoms with Crippen LogP contribution in [-0.4, -0.2) is 44.7 Å². The minimum absolute atomic E-state index is 0.111. The number of hydrogen-bond acceptors (Lipinski definition) is 5. The van der Waals surface area contributed by atoms with Gasteiger partial charge in [-0.15, -0.1) is 0 Å².